The molecule has 0 aromatic rings. The monoisotopic (exact) mass is 291 g/mol. The van der Waals surface area contributed by atoms with Crippen molar-refractivity contribution in [3.63, 3.8) is 0 Å². The Morgan fingerprint density at radius 1 is 1.53 bits per heavy atom. The molecule has 2 rings (SSSR count). The zero-order valence-electron chi connectivity index (χ0n) is 9.82. The molecule has 0 radical (unpaired) electrons. The minimum absolute atomic E-state index is 0.0279. The van der Waals surface area contributed by atoms with Crippen molar-refractivity contribution in [2.75, 3.05) is 0 Å². The molecule has 19 heavy (non-hydrogen) atoms. The fraction of sp³-hybridized carbons (Fsp3) is 0.200. The first-order chi connectivity index (χ1) is 9.04. The highest BCUT2D eigenvalue weighted by atomic mass is 35.5. The van der Waals surface area contributed by atoms with Crippen LogP contribution in [0.2, 0.25) is 0 Å². The van der Waals surface area contributed by atoms with E-state index in [1.807, 2.05) is 5.92 Å². The predicted octanol–water partition coefficient (Wildman–Crippen LogP) is 2.73. The van der Waals surface area contributed by atoms with Crippen LogP contribution in [0, 0.1) is 24.3 Å². The molecular weight excluding hydrogens is 283 g/mol. The lowest BCUT2D eigenvalue weighted by atomic mass is 9.87. The summed E-state index contributed by atoms with van der Waals surface area (Å²) in [5.74, 6) is 0.428. The first-order valence-electron chi connectivity index (χ1n) is 5.58. The minimum Gasteiger partial charge on any atom is -0.287 e. The maximum absolute atomic E-state index is 12.1. The van der Waals surface area contributed by atoms with Gasteiger partial charge in [-0.05, 0) is 12.0 Å². The third-order valence-electron chi connectivity index (χ3n) is 2.99. The molecule has 0 saturated heterocycles. The second-order valence-electron chi connectivity index (χ2n) is 4.20. The Labute approximate surface area is 121 Å². The average molecular weight is 292 g/mol. The largest absolute Gasteiger partial charge is 0.287 e. The summed E-state index contributed by atoms with van der Waals surface area (Å²) in [6.07, 6.45) is 14.6. The van der Waals surface area contributed by atoms with Crippen molar-refractivity contribution in [2.45, 2.75) is 11.8 Å². The molecule has 2 nitrogen and oxygen atoms in total. The van der Waals surface area contributed by atoms with E-state index in [0.717, 1.165) is 5.57 Å². The van der Waals surface area contributed by atoms with Gasteiger partial charge in [-0.2, -0.15) is 0 Å². The zero-order chi connectivity index (χ0) is 14.0. The number of carbonyl (C=O) groups excluding carboxylic acids is 2. The Bertz CT molecular complexity index is 600. The molecule has 0 N–H and O–H groups in total. The second kappa shape index (κ2) is 5.55. The molecular formula is C15H9Cl2O2+. The van der Waals surface area contributed by atoms with Crippen LogP contribution < -0.4 is 0 Å². The van der Waals surface area contributed by atoms with Gasteiger partial charge in [-0.3, -0.25) is 9.59 Å². The van der Waals surface area contributed by atoms with E-state index in [0.29, 0.717) is 12.0 Å². The molecule has 0 saturated carbocycles. The van der Waals surface area contributed by atoms with E-state index in [-0.39, 0.29) is 10.8 Å². The molecule has 2 unspecified atom stereocenters. The van der Waals surface area contributed by atoms with E-state index in [9.17, 15) is 9.59 Å². The van der Waals surface area contributed by atoms with Crippen LogP contribution in [0.15, 0.2) is 40.5 Å². The highest BCUT2D eigenvalue weighted by Gasteiger charge is 2.35. The van der Waals surface area contributed by atoms with Gasteiger partial charge in [-0.15, -0.1) is 18.0 Å². The van der Waals surface area contributed by atoms with Crippen molar-refractivity contribution in [1.82, 2.24) is 0 Å². The van der Waals surface area contributed by atoms with Gasteiger partial charge in [0.25, 0.3) is 0 Å². The maximum Gasteiger partial charge on any atom is 0.215 e. The number of ketones is 2. The molecule has 0 heterocycles. The predicted molar refractivity (Wildman–Crippen MR) is 74.5 cm³/mol. The zero-order valence-corrected chi connectivity index (χ0v) is 11.3. The molecule has 2 aliphatic carbocycles. The molecule has 0 aromatic heterocycles. The van der Waals surface area contributed by atoms with Gasteiger partial charge in [-0.25, -0.2) is 0 Å². The SMILES string of the molecule is C#CC(=O)C1/C=C(/Cl)C(=O)C2=CC=[C+]C=C(C2)C1Cl. The lowest BCUT2D eigenvalue weighted by molar-refractivity contribution is -0.116. The smallest absolute Gasteiger partial charge is 0.215 e. The molecule has 2 aliphatic rings. The molecule has 4 heteroatoms. The number of hydrogen-bond donors (Lipinski definition) is 0. The summed E-state index contributed by atoms with van der Waals surface area (Å²) in [4.78, 5) is 23.8. The molecule has 0 aliphatic heterocycles. The number of rotatable bonds is 1. The number of alkyl halides is 1. The number of fused-ring (bicyclic) bond motifs is 2. The molecule has 2 bridgehead atoms. The number of carbonyl (C=O) groups is 2. The van der Waals surface area contributed by atoms with Crippen LogP contribution >= 0.6 is 23.2 Å². The summed E-state index contributed by atoms with van der Waals surface area (Å²) in [6, 6.07) is 0. The molecule has 0 amide bonds. The topological polar surface area (TPSA) is 34.1 Å². The second-order valence-corrected chi connectivity index (χ2v) is 5.08. The van der Waals surface area contributed by atoms with Crippen molar-refractivity contribution in [3.05, 3.63) is 46.6 Å². The molecule has 0 fully saturated rings. The minimum atomic E-state index is -0.796. The van der Waals surface area contributed by atoms with Gasteiger partial charge in [-0.1, -0.05) is 11.6 Å². The van der Waals surface area contributed by atoms with Crippen LogP contribution in [-0.2, 0) is 9.59 Å². The summed E-state index contributed by atoms with van der Waals surface area (Å²) < 4.78 is 0. The van der Waals surface area contributed by atoms with Crippen LogP contribution in [-0.4, -0.2) is 16.9 Å². The Balaban J connectivity index is 2.56. The number of Topliss-reactive ketones (excluding diaryl/α,β-unsaturated/α-hetero) is 2. The Kier molecular flexibility index (Phi) is 4.02. The Morgan fingerprint density at radius 3 is 2.95 bits per heavy atom. The summed E-state index contributed by atoms with van der Waals surface area (Å²) in [7, 11) is 0. The van der Waals surface area contributed by atoms with Gasteiger partial charge in [0.1, 0.15) is 17.5 Å². The van der Waals surface area contributed by atoms with Crippen LogP contribution in [0.4, 0.5) is 0 Å². The first-order valence-corrected chi connectivity index (χ1v) is 6.40. The number of allylic oxidation sites excluding steroid dienone is 8. The lowest BCUT2D eigenvalue weighted by Gasteiger charge is -2.18. The van der Waals surface area contributed by atoms with E-state index >= 15 is 0 Å². The fourth-order valence-electron chi connectivity index (χ4n) is 1.97. The van der Waals surface area contributed by atoms with E-state index in [4.69, 9.17) is 29.6 Å². The van der Waals surface area contributed by atoms with E-state index in [1.165, 1.54) is 6.08 Å². The number of halogens is 2. The van der Waals surface area contributed by atoms with Crippen LogP contribution in [0.3, 0.4) is 0 Å². The van der Waals surface area contributed by atoms with Crippen LogP contribution in [0.5, 0.6) is 0 Å². The molecule has 0 aromatic carbocycles. The van der Waals surface area contributed by atoms with E-state index in [2.05, 4.69) is 6.08 Å². The summed E-state index contributed by atoms with van der Waals surface area (Å²) in [5, 5.41) is -0.660. The van der Waals surface area contributed by atoms with Gasteiger partial charge in [0.05, 0.1) is 22.9 Å². The maximum atomic E-state index is 12.1. The highest BCUT2D eigenvalue weighted by Crippen LogP contribution is 2.33. The summed E-state index contributed by atoms with van der Waals surface area (Å²) in [6.45, 7) is 0. The van der Waals surface area contributed by atoms with Crippen LogP contribution in [0.25, 0.3) is 0 Å². The summed E-state index contributed by atoms with van der Waals surface area (Å²) >= 11 is 12.2. The molecule has 94 valence electrons. The van der Waals surface area contributed by atoms with Crippen molar-refractivity contribution >= 4 is 34.8 Å². The fourth-order valence-corrected chi connectivity index (χ4v) is 2.56. The van der Waals surface area contributed by atoms with Crippen molar-refractivity contribution in [3.8, 4) is 12.3 Å². The highest BCUT2D eigenvalue weighted by molar-refractivity contribution is 6.45. The third-order valence-corrected chi connectivity index (χ3v) is 3.84. The number of terminal acetylenes is 1. The number of hydrogen-bond acceptors (Lipinski definition) is 2. The van der Waals surface area contributed by atoms with Crippen molar-refractivity contribution in [2.24, 2.45) is 5.92 Å². The molecule has 0 spiro atoms. The van der Waals surface area contributed by atoms with E-state index < -0.39 is 17.1 Å². The third kappa shape index (κ3) is 2.69. The standard InChI is InChI=1S/C15H9Cl2O2/c1-2-13(18)11-8-12(16)15(19)10-6-4-3-5-9(7-10)14(11)17/h1,4-6,8,11,14H,7H2/q+1/b12-8+. The van der Waals surface area contributed by atoms with Gasteiger partial charge in [0.15, 0.2) is 0 Å². The van der Waals surface area contributed by atoms with Gasteiger partial charge >= 0.3 is 0 Å². The van der Waals surface area contributed by atoms with Gasteiger partial charge in [0, 0.05) is 17.7 Å². The van der Waals surface area contributed by atoms with Crippen LogP contribution in [0.1, 0.15) is 6.42 Å². The van der Waals surface area contributed by atoms with Crippen molar-refractivity contribution in [1.29, 1.82) is 0 Å². The summed E-state index contributed by atoms with van der Waals surface area (Å²) in [5.41, 5.74) is 1.25. The van der Waals surface area contributed by atoms with Crippen molar-refractivity contribution < 1.29 is 9.59 Å². The van der Waals surface area contributed by atoms with Gasteiger partial charge < -0.3 is 0 Å². The normalized spacial score (nSPS) is 28.5. The average Bonchev–Trinajstić information content (AvgIpc) is 2.67. The first kappa shape index (κ1) is 13.8. The quantitative estimate of drug-likeness (QED) is 0.322. The van der Waals surface area contributed by atoms with Gasteiger partial charge in [0.2, 0.25) is 11.6 Å². The van der Waals surface area contributed by atoms with E-state index in [1.54, 1.807) is 18.2 Å². The Hall–Kier alpha value is -1.65. The Morgan fingerprint density at radius 2 is 2.26 bits per heavy atom. The molecule has 2 atom stereocenters. The lowest BCUT2D eigenvalue weighted by Crippen LogP contribution is -2.26.